The first-order valence-electron chi connectivity index (χ1n) is 4.58. The van der Waals surface area contributed by atoms with Gasteiger partial charge in [-0.3, -0.25) is 9.59 Å². The minimum Gasteiger partial charge on any atom is -0.382 e. The van der Waals surface area contributed by atoms with Gasteiger partial charge in [-0.05, 0) is 0 Å². The molecule has 0 bridgehead atoms. The summed E-state index contributed by atoms with van der Waals surface area (Å²) in [6.45, 7) is 0. The molecule has 0 saturated heterocycles. The molecule has 17 heavy (non-hydrogen) atoms. The monoisotopic (exact) mass is 235 g/mol. The summed E-state index contributed by atoms with van der Waals surface area (Å²) < 4.78 is 1.14. The largest absolute Gasteiger partial charge is 0.382 e. The van der Waals surface area contributed by atoms with Gasteiger partial charge in [0.1, 0.15) is 5.56 Å². The molecule has 9 heteroatoms. The van der Waals surface area contributed by atoms with E-state index in [4.69, 9.17) is 11.5 Å². The van der Waals surface area contributed by atoms with Crippen molar-refractivity contribution in [3.05, 3.63) is 17.5 Å². The van der Waals surface area contributed by atoms with Crippen LogP contribution in [0, 0.1) is 0 Å². The third-order valence-corrected chi connectivity index (χ3v) is 2.16. The van der Waals surface area contributed by atoms with Gasteiger partial charge < -0.3 is 16.8 Å². The highest BCUT2D eigenvalue weighted by molar-refractivity contribution is 6.00. The summed E-state index contributed by atoms with van der Waals surface area (Å²) in [6, 6.07) is 0. The van der Waals surface area contributed by atoms with E-state index in [9.17, 15) is 9.59 Å². The summed E-state index contributed by atoms with van der Waals surface area (Å²) in [5.74, 6) is -1.24. The lowest BCUT2D eigenvalue weighted by atomic mass is 10.3. The average molecular weight is 235 g/mol. The summed E-state index contributed by atoms with van der Waals surface area (Å²) >= 11 is 0. The summed E-state index contributed by atoms with van der Waals surface area (Å²) in [6.07, 6.45) is 1.28. The van der Waals surface area contributed by atoms with Crippen LogP contribution in [-0.4, -0.2) is 38.7 Å². The maximum atomic E-state index is 11.5. The topological polar surface area (TPSA) is 141 Å². The number of nitrogens with two attached hydrogens (primary N) is 2. The molecule has 2 amide bonds. The Labute approximate surface area is 94.8 Å². The smallest absolute Gasteiger partial charge is 0.273 e. The van der Waals surface area contributed by atoms with Crippen LogP contribution in [0.15, 0.2) is 6.20 Å². The highest BCUT2D eigenvalue weighted by atomic mass is 16.2. The van der Waals surface area contributed by atoms with Crippen LogP contribution in [0.4, 0.5) is 5.82 Å². The second-order valence-electron chi connectivity index (χ2n) is 3.17. The van der Waals surface area contributed by atoms with Crippen LogP contribution in [0.1, 0.15) is 20.8 Å². The average Bonchev–Trinajstić information content (AvgIpc) is 2.72. The first kappa shape index (κ1) is 10.8. The van der Waals surface area contributed by atoms with E-state index in [0.29, 0.717) is 0 Å². The first-order valence-corrected chi connectivity index (χ1v) is 4.58. The molecule has 0 unspecified atom stereocenters. The minimum atomic E-state index is -0.811. The Balaban J connectivity index is 2.70. The van der Waals surface area contributed by atoms with Gasteiger partial charge in [-0.2, -0.15) is 9.61 Å². The quantitative estimate of drug-likeness (QED) is 0.558. The fourth-order valence-corrected chi connectivity index (χ4v) is 1.33. The molecule has 0 spiro atoms. The van der Waals surface area contributed by atoms with Crippen molar-refractivity contribution < 1.29 is 9.59 Å². The lowest BCUT2D eigenvalue weighted by Gasteiger charge is -2.02. The number of rotatable bonds is 2. The molecule has 0 aliphatic carbocycles. The second kappa shape index (κ2) is 3.70. The predicted octanol–water partition coefficient (Wildman–Crippen LogP) is -1.83. The van der Waals surface area contributed by atoms with Crippen molar-refractivity contribution >= 4 is 23.3 Å². The molecule has 0 atom stereocenters. The van der Waals surface area contributed by atoms with E-state index in [1.54, 1.807) is 0 Å². The molecule has 2 heterocycles. The van der Waals surface area contributed by atoms with Crippen LogP contribution < -0.4 is 16.8 Å². The zero-order valence-corrected chi connectivity index (χ0v) is 8.84. The van der Waals surface area contributed by atoms with Crippen LogP contribution in [0.5, 0.6) is 0 Å². The van der Waals surface area contributed by atoms with E-state index < -0.39 is 5.91 Å². The van der Waals surface area contributed by atoms with Crippen molar-refractivity contribution in [3.8, 4) is 0 Å². The number of aromatic nitrogens is 4. The number of carbonyl (C=O) groups is 2. The number of primary amides is 1. The Morgan fingerprint density at radius 2 is 2.12 bits per heavy atom. The van der Waals surface area contributed by atoms with Crippen molar-refractivity contribution in [2.24, 2.45) is 5.73 Å². The van der Waals surface area contributed by atoms with E-state index in [1.807, 2.05) is 0 Å². The molecule has 0 aliphatic rings. The first-order chi connectivity index (χ1) is 8.06. The van der Waals surface area contributed by atoms with Gasteiger partial charge in [0, 0.05) is 7.05 Å². The second-order valence-corrected chi connectivity index (χ2v) is 3.17. The van der Waals surface area contributed by atoms with Crippen LogP contribution in [0.25, 0.3) is 5.65 Å². The third-order valence-electron chi connectivity index (χ3n) is 2.16. The van der Waals surface area contributed by atoms with E-state index in [0.717, 1.165) is 4.52 Å². The summed E-state index contributed by atoms with van der Waals surface area (Å²) in [5, 5.41) is 13.5. The SMILES string of the molecule is CNC(=O)c1cnn2c(N)c(C(N)=O)nnc12. The molecule has 2 aromatic rings. The number of amides is 2. The Morgan fingerprint density at radius 1 is 1.41 bits per heavy atom. The molecule has 5 N–H and O–H groups in total. The molecular weight excluding hydrogens is 226 g/mol. The molecule has 2 rings (SSSR count). The van der Waals surface area contributed by atoms with Gasteiger partial charge in [0.15, 0.2) is 17.2 Å². The van der Waals surface area contributed by atoms with Crippen LogP contribution in [0.2, 0.25) is 0 Å². The van der Waals surface area contributed by atoms with E-state index in [2.05, 4.69) is 20.6 Å². The lowest BCUT2D eigenvalue weighted by Crippen LogP contribution is -2.21. The zero-order valence-electron chi connectivity index (χ0n) is 8.84. The van der Waals surface area contributed by atoms with Gasteiger partial charge in [-0.25, -0.2) is 0 Å². The van der Waals surface area contributed by atoms with Crippen molar-refractivity contribution in [2.45, 2.75) is 0 Å². The summed E-state index contributed by atoms with van der Waals surface area (Å²) in [7, 11) is 1.47. The number of nitrogens with one attached hydrogen (secondary N) is 1. The molecular formula is C8H9N7O2. The number of nitrogen functional groups attached to an aromatic ring is 1. The summed E-state index contributed by atoms with van der Waals surface area (Å²) in [4.78, 5) is 22.4. The normalized spacial score (nSPS) is 10.4. The molecule has 2 aromatic heterocycles. The number of carbonyl (C=O) groups excluding carboxylic acids is 2. The molecule has 0 aliphatic heterocycles. The molecule has 0 aromatic carbocycles. The van der Waals surface area contributed by atoms with Gasteiger partial charge in [0.2, 0.25) is 0 Å². The van der Waals surface area contributed by atoms with Crippen LogP contribution in [-0.2, 0) is 0 Å². The number of anilines is 1. The standard InChI is InChI=1S/C8H9N7O2/c1-11-8(17)3-2-12-15-5(9)4(6(10)16)13-14-7(3)15/h2H,9H2,1H3,(H2,10,16)(H,11,17). The highest BCUT2D eigenvalue weighted by Gasteiger charge is 2.18. The Bertz CT molecular complexity index is 618. The number of hydrogen-bond donors (Lipinski definition) is 3. The predicted molar refractivity (Wildman–Crippen MR) is 57.1 cm³/mol. The highest BCUT2D eigenvalue weighted by Crippen LogP contribution is 2.13. The molecule has 9 nitrogen and oxygen atoms in total. The van der Waals surface area contributed by atoms with Crippen molar-refractivity contribution in [1.82, 2.24) is 25.1 Å². The van der Waals surface area contributed by atoms with Crippen molar-refractivity contribution in [2.75, 3.05) is 12.8 Å². The molecule has 88 valence electrons. The maximum Gasteiger partial charge on any atom is 0.273 e. The van der Waals surface area contributed by atoms with E-state index >= 15 is 0 Å². The van der Waals surface area contributed by atoms with E-state index in [1.165, 1.54) is 13.2 Å². The van der Waals surface area contributed by atoms with Crippen molar-refractivity contribution in [1.29, 1.82) is 0 Å². The van der Waals surface area contributed by atoms with Gasteiger partial charge in [0.05, 0.1) is 6.20 Å². The van der Waals surface area contributed by atoms with Crippen molar-refractivity contribution in [3.63, 3.8) is 0 Å². The lowest BCUT2D eigenvalue weighted by molar-refractivity contribution is 0.0963. The Kier molecular flexibility index (Phi) is 2.35. The Morgan fingerprint density at radius 3 is 2.71 bits per heavy atom. The van der Waals surface area contributed by atoms with Gasteiger partial charge >= 0.3 is 0 Å². The van der Waals surface area contributed by atoms with Gasteiger partial charge in [-0.15, -0.1) is 10.2 Å². The third kappa shape index (κ3) is 1.53. The van der Waals surface area contributed by atoms with Gasteiger partial charge in [0.25, 0.3) is 11.8 Å². The van der Waals surface area contributed by atoms with Gasteiger partial charge in [-0.1, -0.05) is 0 Å². The van der Waals surface area contributed by atoms with Crippen LogP contribution >= 0.6 is 0 Å². The fourth-order valence-electron chi connectivity index (χ4n) is 1.33. The van der Waals surface area contributed by atoms with E-state index in [-0.39, 0.29) is 28.6 Å². The molecule has 0 fully saturated rings. The number of nitrogens with zero attached hydrogens (tertiary/aromatic N) is 4. The van der Waals surface area contributed by atoms with Crippen LogP contribution in [0.3, 0.4) is 0 Å². The summed E-state index contributed by atoms with van der Waals surface area (Å²) in [5.41, 5.74) is 10.9. The maximum absolute atomic E-state index is 11.5. The fraction of sp³-hybridized carbons (Fsp3) is 0.125. The Hall–Kier alpha value is -2.71. The molecule has 0 radical (unpaired) electrons. The zero-order chi connectivity index (χ0) is 12.6. The molecule has 0 saturated carbocycles. The number of fused-ring (bicyclic) bond motifs is 1. The minimum absolute atomic E-state index is 0.0577. The number of hydrogen-bond acceptors (Lipinski definition) is 6.